The number of carbonyl (C=O) groups excluding carboxylic acids is 1. The second kappa shape index (κ2) is 7.51. The van der Waals surface area contributed by atoms with Crippen molar-refractivity contribution in [2.75, 3.05) is 20.3 Å². The molecule has 1 amide bonds. The molecule has 0 aliphatic carbocycles. The summed E-state index contributed by atoms with van der Waals surface area (Å²) in [5.74, 6) is 0.455. The van der Waals surface area contributed by atoms with Gasteiger partial charge < -0.3 is 14.8 Å². The van der Waals surface area contributed by atoms with Gasteiger partial charge in [-0.25, -0.2) is 0 Å². The highest BCUT2D eigenvalue weighted by atomic mass is 16.5. The zero-order chi connectivity index (χ0) is 15.1. The molecule has 0 heterocycles. The first-order chi connectivity index (χ1) is 9.47. The molecule has 0 fully saturated rings. The molecule has 0 saturated heterocycles. The molecule has 0 saturated carbocycles. The number of benzene rings is 1. The Labute approximate surface area is 119 Å². The van der Waals surface area contributed by atoms with Crippen molar-refractivity contribution in [3.05, 3.63) is 28.8 Å². The van der Waals surface area contributed by atoms with Crippen LogP contribution >= 0.6 is 0 Å². The number of aryl methyl sites for hydroxylation is 2. The summed E-state index contributed by atoms with van der Waals surface area (Å²) in [6, 6.07) is 5.52. The summed E-state index contributed by atoms with van der Waals surface area (Å²) in [5.41, 5.74) is 2.28. The SMILES string of the molecule is COCC(C)NC(=O)COc1c(C)cc(C#N)cc1C. The van der Waals surface area contributed by atoms with E-state index in [1.165, 1.54) is 0 Å². The summed E-state index contributed by atoms with van der Waals surface area (Å²) in [6.07, 6.45) is 0. The summed E-state index contributed by atoms with van der Waals surface area (Å²) in [5, 5.41) is 11.6. The fraction of sp³-hybridized carbons (Fsp3) is 0.467. The van der Waals surface area contributed by atoms with Crippen molar-refractivity contribution in [1.29, 1.82) is 5.26 Å². The minimum Gasteiger partial charge on any atom is -0.483 e. The first kappa shape index (κ1) is 16.0. The number of nitrogens with one attached hydrogen (secondary N) is 1. The first-order valence-electron chi connectivity index (χ1n) is 6.40. The van der Waals surface area contributed by atoms with E-state index in [1.54, 1.807) is 19.2 Å². The number of carbonyl (C=O) groups is 1. The second-order valence-corrected chi connectivity index (χ2v) is 4.76. The maximum absolute atomic E-state index is 11.7. The lowest BCUT2D eigenvalue weighted by atomic mass is 10.1. The molecular weight excluding hydrogens is 256 g/mol. The minimum atomic E-state index is -0.197. The van der Waals surface area contributed by atoms with Gasteiger partial charge in [-0.3, -0.25) is 4.79 Å². The second-order valence-electron chi connectivity index (χ2n) is 4.76. The van der Waals surface area contributed by atoms with Crippen molar-refractivity contribution < 1.29 is 14.3 Å². The molecule has 20 heavy (non-hydrogen) atoms. The summed E-state index contributed by atoms with van der Waals surface area (Å²) < 4.78 is 10.5. The summed E-state index contributed by atoms with van der Waals surface area (Å²) >= 11 is 0. The van der Waals surface area contributed by atoms with Crippen molar-refractivity contribution >= 4 is 5.91 Å². The van der Waals surface area contributed by atoms with E-state index in [0.29, 0.717) is 17.9 Å². The third kappa shape index (κ3) is 4.56. The van der Waals surface area contributed by atoms with Crippen molar-refractivity contribution in [2.24, 2.45) is 0 Å². The normalized spacial score (nSPS) is 11.6. The smallest absolute Gasteiger partial charge is 0.258 e. The van der Waals surface area contributed by atoms with Crippen molar-refractivity contribution in [2.45, 2.75) is 26.8 Å². The van der Waals surface area contributed by atoms with Crippen LogP contribution in [0.3, 0.4) is 0 Å². The Hall–Kier alpha value is -2.06. The van der Waals surface area contributed by atoms with Crippen LogP contribution in [0.1, 0.15) is 23.6 Å². The van der Waals surface area contributed by atoms with Gasteiger partial charge in [0.1, 0.15) is 5.75 Å². The van der Waals surface area contributed by atoms with Crippen LogP contribution in [0, 0.1) is 25.2 Å². The molecule has 108 valence electrons. The Morgan fingerprint density at radius 2 is 2.00 bits per heavy atom. The van der Waals surface area contributed by atoms with Gasteiger partial charge in [-0.1, -0.05) is 0 Å². The van der Waals surface area contributed by atoms with Crippen LogP contribution in [0.25, 0.3) is 0 Å². The van der Waals surface area contributed by atoms with Crippen LogP contribution in [0.15, 0.2) is 12.1 Å². The number of amides is 1. The molecule has 1 aromatic carbocycles. The lowest BCUT2D eigenvalue weighted by molar-refractivity contribution is -0.124. The van der Waals surface area contributed by atoms with Gasteiger partial charge in [-0.15, -0.1) is 0 Å². The highest BCUT2D eigenvalue weighted by Gasteiger charge is 2.11. The fourth-order valence-electron chi connectivity index (χ4n) is 1.99. The topological polar surface area (TPSA) is 71.3 Å². The average Bonchev–Trinajstić information content (AvgIpc) is 2.37. The van der Waals surface area contributed by atoms with E-state index in [-0.39, 0.29) is 18.6 Å². The van der Waals surface area contributed by atoms with Gasteiger partial charge >= 0.3 is 0 Å². The molecule has 5 heteroatoms. The van der Waals surface area contributed by atoms with E-state index >= 15 is 0 Å². The summed E-state index contributed by atoms with van der Waals surface area (Å²) in [4.78, 5) is 11.7. The lowest BCUT2D eigenvalue weighted by Crippen LogP contribution is -2.38. The van der Waals surface area contributed by atoms with E-state index in [9.17, 15) is 4.79 Å². The largest absolute Gasteiger partial charge is 0.483 e. The van der Waals surface area contributed by atoms with E-state index in [2.05, 4.69) is 11.4 Å². The quantitative estimate of drug-likeness (QED) is 0.858. The van der Waals surface area contributed by atoms with Gasteiger partial charge in [0.2, 0.25) is 0 Å². The summed E-state index contributed by atoms with van der Waals surface area (Å²) in [7, 11) is 1.59. The van der Waals surface area contributed by atoms with E-state index in [4.69, 9.17) is 14.7 Å². The Bertz CT molecular complexity index is 497. The molecular formula is C15H20N2O3. The van der Waals surface area contributed by atoms with Gasteiger partial charge in [0, 0.05) is 13.2 Å². The maximum Gasteiger partial charge on any atom is 0.258 e. The van der Waals surface area contributed by atoms with Crippen LogP contribution in [0.4, 0.5) is 0 Å². The van der Waals surface area contributed by atoms with Gasteiger partial charge in [-0.2, -0.15) is 5.26 Å². The predicted octanol–water partition coefficient (Wildman–Crippen LogP) is 1.71. The van der Waals surface area contributed by atoms with Crippen molar-refractivity contribution in [3.63, 3.8) is 0 Å². The number of nitriles is 1. The molecule has 0 aliphatic rings. The Balaban J connectivity index is 2.62. The molecule has 0 aromatic heterocycles. The molecule has 1 N–H and O–H groups in total. The Morgan fingerprint density at radius 3 is 2.50 bits per heavy atom. The molecule has 1 rings (SSSR count). The van der Waals surface area contributed by atoms with E-state index < -0.39 is 0 Å². The molecule has 0 spiro atoms. The first-order valence-corrected chi connectivity index (χ1v) is 6.40. The third-order valence-electron chi connectivity index (χ3n) is 2.76. The molecule has 1 atom stereocenters. The molecule has 5 nitrogen and oxygen atoms in total. The fourth-order valence-corrected chi connectivity index (χ4v) is 1.99. The maximum atomic E-state index is 11.7. The Kier molecular flexibility index (Phi) is 6.01. The molecule has 0 bridgehead atoms. The molecule has 0 aliphatic heterocycles. The highest BCUT2D eigenvalue weighted by Crippen LogP contribution is 2.24. The van der Waals surface area contributed by atoms with Gasteiger partial charge in [0.15, 0.2) is 6.61 Å². The van der Waals surface area contributed by atoms with E-state index in [0.717, 1.165) is 11.1 Å². The summed E-state index contributed by atoms with van der Waals surface area (Å²) in [6.45, 7) is 5.98. The van der Waals surface area contributed by atoms with Crippen molar-refractivity contribution in [3.8, 4) is 11.8 Å². The lowest BCUT2D eigenvalue weighted by Gasteiger charge is -2.15. The monoisotopic (exact) mass is 276 g/mol. The van der Waals surface area contributed by atoms with Crippen molar-refractivity contribution in [1.82, 2.24) is 5.32 Å². The number of hydrogen-bond acceptors (Lipinski definition) is 4. The predicted molar refractivity (Wildman–Crippen MR) is 75.6 cm³/mol. The molecule has 1 unspecified atom stereocenters. The minimum absolute atomic E-state index is 0.0539. The standard InChI is InChI=1S/C15H20N2O3/c1-10-5-13(7-16)6-11(2)15(10)20-9-14(18)17-12(3)8-19-4/h5-6,12H,8-9H2,1-4H3,(H,17,18). The van der Waals surface area contributed by atoms with Crippen LogP contribution in [-0.4, -0.2) is 32.3 Å². The highest BCUT2D eigenvalue weighted by molar-refractivity contribution is 5.77. The van der Waals surface area contributed by atoms with Gasteiger partial charge in [-0.05, 0) is 44.0 Å². The zero-order valence-electron chi connectivity index (χ0n) is 12.3. The number of nitrogens with zero attached hydrogens (tertiary/aromatic N) is 1. The average molecular weight is 276 g/mol. The Morgan fingerprint density at radius 1 is 1.40 bits per heavy atom. The van der Waals surface area contributed by atoms with Gasteiger partial charge in [0.05, 0.1) is 18.2 Å². The number of methoxy groups -OCH3 is 1. The third-order valence-corrected chi connectivity index (χ3v) is 2.76. The zero-order valence-corrected chi connectivity index (χ0v) is 12.3. The molecule has 0 radical (unpaired) electrons. The van der Waals surface area contributed by atoms with Crippen LogP contribution < -0.4 is 10.1 Å². The van der Waals surface area contributed by atoms with Crippen LogP contribution in [0.2, 0.25) is 0 Å². The number of rotatable bonds is 6. The molecule has 1 aromatic rings. The van der Waals surface area contributed by atoms with Crippen LogP contribution in [-0.2, 0) is 9.53 Å². The number of ether oxygens (including phenoxy) is 2. The van der Waals surface area contributed by atoms with Crippen LogP contribution in [0.5, 0.6) is 5.75 Å². The van der Waals surface area contributed by atoms with E-state index in [1.807, 2.05) is 20.8 Å². The van der Waals surface area contributed by atoms with Gasteiger partial charge in [0.25, 0.3) is 5.91 Å². The number of hydrogen-bond donors (Lipinski definition) is 1.